The topological polar surface area (TPSA) is 47.6 Å². The highest BCUT2D eigenvalue weighted by Crippen LogP contribution is 2.64. The molecule has 4 nitrogen and oxygen atoms in total. The van der Waals surface area contributed by atoms with E-state index < -0.39 is 0 Å². The lowest BCUT2D eigenvalue weighted by Gasteiger charge is -2.59. The molecule has 1 aromatic carbocycles. The molecular weight excluding hydrogens is 394 g/mol. The summed E-state index contributed by atoms with van der Waals surface area (Å²) < 4.78 is 10.9. The van der Waals surface area contributed by atoms with Crippen molar-refractivity contribution in [2.75, 3.05) is 20.8 Å². The van der Waals surface area contributed by atoms with Gasteiger partial charge in [-0.25, -0.2) is 0 Å². The third-order valence-corrected chi connectivity index (χ3v) is 7.55. The van der Waals surface area contributed by atoms with Crippen LogP contribution in [0.25, 0.3) is 0 Å². The Balaban J connectivity index is 1.37. The van der Waals surface area contributed by atoms with Crippen molar-refractivity contribution in [2.24, 2.45) is 17.3 Å². The fourth-order valence-electron chi connectivity index (χ4n) is 5.96. The number of amides is 1. The number of carbonyl (C=O) groups is 1. The van der Waals surface area contributed by atoms with Gasteiger partial charge < -0.3 is 14.8 Å². The van der Waals surface area contributed by atoms with Gasteiger partial charge in [-0.2, -0.15) is 0 Å². The molecule has 4 aliphatic carbocycles. The molecule has 5 heteroatoms. The Labute approximate surface area is 164 Å². The van der Waals surface area contributed by atoms with E-state index in [2.05, 4.69) is 21.2 Å². The molecule has 0 aromatic heterocycles. The predicted molar refractivity (Wildman–Crippen MR) is 105 cm³/mol. The summed E-state index contributed by atoms with van der Waals surface area (Å²) in [6.07, 6.45) is 7.81. The molecule has 4 saturated carbocycles. The van der Waals surface area contributed by atoms with E-state index in [0.29, 0.717) is 6.54 Å². The maximum Gasteiger partial charge on any atom is 0.226 e. The van der Waals surface area contributed by atoms with Gasteiger partial charge in [-0.3, -0.25) is 4.79 Å². The molecule has 4 fully saturated rings. The smallest absolute Gasteiger partial charge is 0.226 e. The third kappa shape index (κ3) is 3.23. The van der Waals surface area contributed by atoms with Gasteiger partial charge in [0.1, 0.15) is 0 Å². The number of halogens is 1. The molecule has 0 heterocycles. The molecule has 4 aliphatic rings. The van der Waals surface area contributed by atoms with Crippen molar-refractivity contribution in [1.29, 1.82) is 0 Å². The molecule has 4 bridgehead atoms. The molecule has 142 valence electrons. The first-order valence-corrected chi connectivity index (χ1v) is 10.4. The number of alkyl halides is 1. The number of ether oxygens (including phenoxy) is 2. The Kier molecular flexibility index (Phi) is 4.70. The van der Waals surface area contributed by atoms with E-state index in [1.54, 1.807) is 14.2 Å². The largest absolute Gasteiger partial charge is 0.493 e. The van der Waals surface area contributed by atoms with Crippen LogP contribution in [0.2, 0.25) is 0 Å². The van der Waals surface area contributed by atoms with E-state index in [-0.39, 0.29) is 15.6 Å². The van der Waals surface area contributed by atoms with Gasteiger partial charge in [-0.15, -0.1) is 0 Å². The lowest BCUT2D eigenvalue weighted by molar-refractivity contribution is -0.143. The lowest BCUT2D eigenvalue weighted by atomic mass is 9.49. The zero-order valence-electron chi connectivity index (χ0n) is 15.6. The molecule has 1 amide bonds. The highest BCUT2D eigenvalue weighted by molar-refractivity contribution is 9.10. The second-order valence-electron chi connectivity index (χ2n) is 8.59. The van der Waals surface area contributed by atoms with Crippen molar-refractivity contribution in [1.82, 2.24) is 5.32 Å². The summed E-state index contributed by atoms with van der Waals surface area (Å²) in [4.78, 5) is 13.1. The van der Waals surface area contributed by atoms with Crippen LogP contribution in [0.5, 0.6) is 11.5 Å². The highest BCUT2D eigenvalue weighted by atomic mass is 79.9. The van der Waals surface area contributed by atoms with Crippen LogP contribution in [0.3, 0.4) is 0 Å². The molecule has 0 radical (unpaired) electrons. The summed E-state index contributed by atoms with van der Waals surface area (Å²) in [5.41, 5.74) is 1.01. The number of hydrogen-bond donors (Lipinski definition) is 1. The summed E-state index contributed by atoms with van der Waals surface area (Å²) in [6, 6.07) is 5.94. The summed E-state index contributed by atoms with van der Waals surface area (Å²) in [5, 5.41) is 3.24. The van der Waals surface area contributed by atoms with Crippen LogP contribution < -0.4 is 14.8 Å². The van der Waals surface area contributed by atoms with Gasteiger partial charge in [0.2, 0.25) is 5.91 Å². The van der Waals surface area contributed by atoms with Crippen LogP contribution in [0, 0.1) is 17.3 Å². The SMILES string of the molecule is COc1ccc(CCNC(=O)C23C[C@H]4C[C@@H](CC(Br)(C4)C2)C3)cc1OC. The van der Waals surface area contributed by atoms with E-state index in [4.69, 9.17) is 9.47 Å². The van der Waals surface area contributed by atoms with Crippen molar-refractivity contribution in [3.8, 4) is 11.5 Å². The molecule has 0 aliphatic heterocycles. The lowest BCUT2D eigenvalue weighted by Crippen LogP contribution is -2.58. The van der Waals surface area contributed by atoms with Crippen LogP contribution in [0.15, 0.2) is 18.2 Å². The molecule has 2 atom stereocenters. The van der Waals surface area contributed by atoms with E-state index >= 15 is 0 Å². The molecule has 5 rings (SSSR count). The second-order valence-corrected chi connectivity index (χ2v) is 10.3. The first kappa shape index (κ1) is 18.1. The average Bonchev–Trinajstić information content (AvgIpc) is 2.59. The quantitative estimate of drug-likeness (QED) is 0.703. The summed E-state index contributed by atoms with van der Waals surface area (Å²) in [7, 11) is 3.28. The van der Waals surface area contributed by atoms with E-state index in [1.807, 2.05) is 18.2 Å². The first-order chi connectivity index (χ1) is 12.5. The van der Waals surface area contributed by atoms with Crippen LogP contribution in [-0.4, -0.2) is 31.0 Å². The molecule has 0 saturated heterocycles. The van der Waals surface area contributed by atoms with Crippen LogP contribution in [0.4, 0.5) is 0 Å². The Morgan fingerprint density at radius 2 is 1.85 bits per heavy atom. The normalized spacial score (nSPS) is 34.6. The number of methoxy groups -OCH3 is 2. The maximum absolute atomic E-state index is 13.1. The fourth-order valence-corrected chi connectivity index (χ4v) is 7.41. The zero-order valence-corrected chi connectivity index (χ0v) is 17.2. The maximum atomic E-state index is 13.1. The minimum atomic E-state index is -0.134. The number of carbonyl (C=O) groups excluding carboxylic acids is 1. The van der Waals surface area contributed by atoms with Gasteiger partial charge in [-0.1, -0.05) is 22.0 Å². The van der Waals surface area contributed by atoms with Crippen molar-refractivity contribution in [2.45, 2.75) is 49.3 Å². The summed E-state index contributed by atoms with van der Waals surface area (Å²) in [6.45, 7) is 0.667. The predicted octanol–water partition coefficient (Wildman–Crippen LogP) is 4.10. The van der Waals surface area contributed by atoms with Gasteiger partial charge in [0.25, 0.3) is 0 Å². The average molecular weight is 422 g/mol. The molecule has 1 aromatic rings. The van der Waals surface area contributed by atoms with E-state index in [9.17, 15) is 4.79 Å². The van der Waals surface area contributed by atoms with Crippen molar-refractivity contribution < 1.29 is 14.3 Å². The summed E-state index contributed by atoms with van der Waals surface area (Å²) >= 11 is 3.99. The first-order valence-electron chi connectivity index (χ1n) is 9.63. The number of rotatable bonds is 6. The minimum Gasteiger partial charge on any atom is -0.493 e. The van der Waals surface area contributed by atoms with Gasteiger partial charge in [0.05, 0.1) is 19.6 Å². The molecule has 26 heavy (non-hydrogen) atoms. The van der Waals surface area contributed by atoms with Gasteiger partial charge >= 0.3 is 0 Å². The molecule has 1 N–H and O–H groups in total. The van der Waals surface area contributed by atoms with Crippen LogP contribution in [-0.2, 0) is 11.2 Å². The monoisotopic (exact) mass is 421 g/mol. The standard InChI is InChI=1S/C21H28BrNO3/c1-25-17-4-3-14(8-18(17)26-2)5-6-23-19(24)20-9-15-7-16(10-20)12-21(22,11-15)13-20/h3-4,8,15-16H,5-7,9-13H2,1-2H3,(H,23,24)/t15-,16-,20?,21?/m1/s1. The highest BCUT2D eigenvalue weighted by Gasteiger charge is 2.59. The Morgan fingerprint density at radius 1 is 1.15 bits per heavy atom. The Bertz CT molecular complexity index is 690. The number of hydrogen-bond acceptors (Lipinski definition) is 3. The third-order valence-electron chi connectivity index (χ3n) is 6.62. The molecule has 0 spiro atoms. The van der Waals surface area contributed by atoms with Crippen molar-refractivity contribution in [3.63, 3.8) is 0 Å². The summed E-state index contributed by atoms with van der Waals surface area (Å²) in [5.74, 6) is 3.20. The second kappa shape index (κ2) is 6.74. The van der Waals surface area contributed by atoms with E-state index in [1.165, 1.54) is 19.3 Å². The molecular formula is C21H28BrNO3. The van der Waals surface area contributed by atoms with Gasteiger partial charge in [-0.05, 0) is 74.5 Å². The Hall–Kier alpha value is -1.23. The molecule has 0 unspecified atom stereocenters. The van der Waals surface area contributed by atoms with Crippen LogP contribution >= 0.6 is 15.9 Å². The Morgan fingerprint density at radius 3 is 2.46 bits per heavy atom. The number of benzene rings is 1. The minimum absolute atomic E-state index is 0.134. The fraction of sp³-hybridized carbons (Fsp3) is 0.667. The van der Waals surface area contributed by atoms with E-state index in [0.717, 1.165) is 54.6 Å². The van der Waals surface area contributed by atoms with Gasteiger partial charge in [0.15, 0.2) is 11.5 Å². The van der Waals surface area contributed by atoms with Crippen molar-refractivity contribution in [3.05, 3.63) is 23.8 Å². The number of nitrogens with one attached hydrogen (secondary N) is 1. The zero-order chi connectivity index (χ0) is 18.4. The van der Waals surface area contributed by atoms with Gasteiger partial charge in [0, 0.05) is 10.9 Å². The van der Waals surface area contributed by atoms with Crippen molar-refractivity contribution >= 4 is 21.8 Å². The van der Waals surface area contributed by atoms with Crippen LogP contribution in [0.1, 0.15) is 44.1 Å².